The topological polar surface area (TPSA) is 52.0 Å². The van der Waals surface area contributed by atoms with Crippen molar-refractivity contribution in [2.45, 2.75) is 25.8 Å². The van der Waals surface area contributed by atoms with E-state index in [4.69, 9.17) is 0 Å². The lowest BCUT2D eigenvalue weighted by molar-refractivity contribution is 0.0970. The van der Waals surface area contributed by atoms with Crippen LogP contribution >= 0.6 is 11.3 Å². The molecule has 1 aliphatic rings. The molecule has 0 unspecified atom stereocenters. The number of ketones is 1. The third-order valence-electron chi connectivity index (χ3n) is 4.15. The van der Waals surface area contributed by atoms with Crippen LogP contribution in [0.2, 0.25) is 0 Å². The molecule has 0 saturated heterocycles. The molecule has 0 amide bonds. The number of nitrogens with zero attached hydrogens (tertiary/aromatic N) is 2. The number of aryl methyl sites for hydroxylation is 2. The molecule has 4 nitrogen and oxygen atoms in total. The fraction of sp³-hybridized carbons (Fsp3) is 0.235. The molecule has 6 heteroatoms. The summed E-state index contributed by atoms with van der Waals surface area (Å²) in [5.74, 6) is -0.771. The van der Waals surface area contributed by atoms with Gasteiger partial charge in [-0.1, -0.05) is 12.1 Å². The van der Waals surface area contributed by atoms with Crippen molar-refractivity contribution >= 4 is 27.3 Å². The van der Waals surface area contributed by atoms with Crippen LogP contribution in [0.5, 0.6) is 0 Å². The van der Waals surface area contributed by atoms with E-state index in [0.29, 0.717) is 5.39 Å². The van der Waals surface area contributed by atoms with E-state index >= 15 is 0 Å². The molecule has 116 valence electrons. The average molecular weight is 328 g/mol. The number of rotatable bonds is 3. The second kappa shape index (κ2) is 5.38. The Hall–Kier alpha value is -2.34. The monoisotopic (exact) mass is 328 g/mol. The minimum absolute atomic E-state index is 0.129. The van der Waals surface area contributed by atoms with Crippen molar-refractivity contribution in [1.82, 2.24) is 9.55 Å². The molecule has 0 atom stereocenters. The van der Waals surface area contributed by atoms with Gasteiger partial charge in [-0.2, -0.15) is 0 Å². The molecule has 0 saturated carbocycles. The van der Waals surface area contributed by atoms with Crippen LogP contribution in [0.1, 0.15) is 27.2 Å². The Balaban J connectivity index is 1.74. The Kier molecular flexibility index (Phi) is 3.34. The van der Waals surface area contributed by atoms with Gasteiger partial charge in [-0.05, 0) is 37.0 Å². The number of carbonyl (C=O) groups is 1. The number of halogens is 1. The summed E-state index contributed by atoms with van der Waals surface area (Å²) in [5.41, 5.74) is 1.17. The molecular formula is C17H13FN2O2S. The molecule has 4 rings (SSSR count). The number of hydrogen-bond acceptors (Lipinski definition) is 4. The highest BCUT2D eigenvalue weighted by Crippen LogP contribution is 2.34. The summed E-state index contributed by atoms with van der Waals surface area (Å²) in [6.07, 6.45) is 4.37. The maximum atomic E-state index is 13.2. The largest absolute Gasteiger partial charge is 0.292 e. The van der Waals surface area contributed by atoms with Crippen molar-refractivity contribution in [3.8, 4) is 0 Å². The van der Waals surface area contributed by atoms with Gasteiger partial charge in [-0.3, -0.25) is 14.2 Å². The molecule has 0 N–H and O–H groups in total. The maximum absolute atomic E-state index is 13.2. The number of thiophene rings is 1. The molecule has 3 aromatic rings. The smallest absolute Gasteiger partial charge is 0.262 e. The van der Waals surface area contributed by atoms with Gasteiger partial charge in [0.05, 0.1) is 18.3 Å². The molecule has 1 aromatic carbocycles. The Labute approximate surface area is 135 Å². The third-order valence-corrected chi connectivity index (χ3v) is 5.35. The van der Waals surface area contributed by atoms with E-state index in [1.807, 2.05) is 0 Å². The minimum atomic E-state index is -0.465. The fourth-order valence-electron chi connectivity index (χ4n) is 3.04. The minimum Gasteiger partial charge on any atom is -0.292 e. The summed E-state index contributed by atoms with van der Waals surface area (Å²) in [5, 5.41) is 0.650. The second-order valence-electron chi connectivity index (χ2n) is 5.65. The number of fused-ring (bicyclic) bond motifs is 3. The van der Waals surface area contributed by atoms with Crippen LogP contribution < -0.4 is 5.56 Å². The van der Waals surface area contributed by atoms with E-state index in [2.05, 4.69) is 4.98 Å². The van der Waals surface area contributed by atoms with Crippen LogP contribution in [0, 0.1) is 5.82 Å². The number of aromatic nitrogens is 2. The lowest BCUT2D eigenvalue weighted by Crippen LogP contribution is -2.24. The van der Waals surface area contributed by atoms with Crippen LogP contribution in [-0.4, -0.2) is 15.3 Å². The van der Waals surface area contributed by atoms with Crippen molar-refractivity contribution < 1.29 is 9.18 Å². The first-order chi connectivity index (χ1) is 11.1. The van der Waals surface area contributed by atoms with E-state index in [0.717, 1.165) is 29.7 Å². The van der Waals surface area contributed by atoms with Gasteiger partial charge in [0.1, 0.15) is 10.6 Å². The highest BCUT2D eigenvalue weighted by Gasteiger charge is 2.21. The Morgan fingerprint density at radius 3 is 3.04 bits per heavy atom. The molecule has 0 radical (unpaired) electrons. The van der Waals surface area contributed by atoms with Gasteiger partial charge in [-0.25, -0.2) is 9.37 Å². The molecule has 0 aliphatic heterocycles. The zero-order valence-corrected chi connectivity index (χ0v) is 13.0. The van der Waals surface area contributed by atoms with E-state index in [1.54, 1.807) is 17.4 Å². The summed E-state index contributed by atoms with van der Waals surface area (Å²) in [6.45, 7) is -0.129. The van der Waals surface area contributed by atoms with Crippen molar-refractivity contribution in [3.05, 3.63) is 62.8 Å². The normalized spacial score (nSPS) is 13.4. The quantitative estimate of drug-likeness (QED) is 0.695. The van der Waals surface area contributed by atoms with Gasteiger partial charge in [0.25, 0.3) is 5.56 Å². The van der Waals surface area contributed by atoms with Crippen LogP contribution in [0.15, 0.2) is 35.4 Å². The van der Waals surface area contributed by atoms with Gasteiger partial charge in [-0.15, -0.1) is 11.3 Å². The molecule has 0 fully saturated rings. The lowest BCUT2D eigenvalue weighted by Gasteiger charge is -2.05. The maximum Gasteiger partial charge on any atom is 0.262 e. The Morgan fingerprint density at radius 1 is 1.35 bits per heavy atom. The second-order valence-corrected chi connectivity index (χ2v) is 6.73. The zero-order valence-electron chi connectivity index (χ0n) is 12.2. The molecule has 2 heterocycles. The number of Topliss-reactive ketones (excluding diaryl/α,β-unsaturated/α-hetero) is 1. The van der Waals surface area contributed by atoms with E-state index in [1.165, 1.54) is 34.0 Å². The summed E-state index contributed by atoms with van der Waals surface area (Å²) in [6, 6.07) is 5.50. The van der Waals surface area contributed by atoms with Gasteiger partial charge >= 0.3 is 0 Å². The van der Waals surface area contributed by atoms with Crippen LogP contribution in [0.4, 0.5) is 4.39 Å². The highest BCUT2D eigenvalue weighted by atomic mass is 32.1. The lowest BCUT2D eigenvalue weighted by atomic mass is 10.1. The third kappa shape index (κ3) is 2.39. The molecule has 0 spiro atoms. The first-order valence-corrected chi connectivity index (χ1v) is 8.23. The summed E-state index contributed by atoms with van der Waals surface area (Å²) in [4.78, 5) is 31.3. The SMILES string of the molecule is O=C(Cn1cnc2sc3c(c2c1=O)CCC3)c1cccc(F)c1. The van der Waals surface area contributed by atoms with Crippen molar-refractivity contribution in [1.29, 1.82) is 0 Å². The van der Waals surface area contributed by atoms with Gasteiger partial charge in [0, 0.05) is 10.4 Å². The summed E-state index contributed by atoms with van der Waals surface area (Å²) < 4.78 is 14.6. The average Bonchev–Trinajstić information content (AvgIpc) is 3.10. The summed E-state index contributed by atoms with van der Waals surface area (Å²) >= 11 is 1.57. The molecule has 0 bridgehead atoms. The van der Waals surface area contributed by atoms with Crippen LogP contribution in [-0.2, 0) is 19.4 Å². The van der Waals surface area contributed by atoms with Crippen LogP contribution in [0.3, 0.4) is 0 Å². The standard InChI is InChI=1S/C17H13FN2O2S/c18-11-4-1-3-10(7-11)13(21)8-20-9-19-16-15(17(20)22)12-5-2-6-14(12)23-16/h1,3-4,7,9H,2,5-6,8H2. The molecule has 23 heavy (non-hydrogen) atoms. The predicted molar refractivity (Wildman–Crippen MR) is 86.6 cm³/mol. The fourth-order valence-corrected chi connectivity index (χ4v) is 4.26. The Bertz CT molecular complexity index is 990. The van der Waals surface area contributed by atoms with Gasteiger partial charge in [0.2, 0.25) is 0 Å². The number of carbonyl (C=O) groups excluding carboxylic acids is 1. The summed E-state index contributed by atoms with van der Waals surface area (Å²) in [7, 11) is 0. The van der Waals surface area contributed by atoms with Crippen LogP contribution in [0.25, 0.3) is 10.2 Å². The van der Waals surface area contributed by atoms with E-state index < -0.39 is 5.82 Å². The predicted octanol–water partition coefficient (Wildman–Crippen LogP) is 2.97. The van der Waals surface area contributed by atoms with Crippen molar-refractivity contribution in [3.63, 3.8) is 0 Å². The highest BCUT2D eigenvalue weighted by molar-refractivity contribution is 7.18. The van der Waals surface area contributed by atoms with Crippen molar-refractivity contribution in [2.24, 2.45) is 0 Å². The number of hydrogen-bond donors (Lipinski definition) is 0. The van der Waals surface area contributed by atoms with Gasteiger partial charge < -0.3 is 0 Å². The molecule has 2 aromatic heterocycles. The van der Waals surface area contributed by atoms with E-state index in [9.17, 15) is 14.0 Å². The van der Waals surface area contributed by atoms with Crippen molar-refractivity contribution in [2.75, 3.05) is 0 Å². The van der Waals surface area contributed by atoms with E-state index in [-0.39, 0.29) is 23.5 Å². The zero-order chi connectivity index (χ0) is 16.0. The van der Waals surface area contributed by atoms with Gasteiger partial charge in [0.15, 0.2) is 5.78 Å². The number of benzene rings is 1. The first-order valence-electron chi connectivity index (χ1n) is 7.42. The molecular weight excluding hydrogens is 315 g/mol. The Morgan fingerprint density at radius 2 is 2.22 bits per heavy atom. The first kappa shape index (κ1) is 14.3. The molecule has 1 aliphatic carbocycles.